The van der Waals surface area contributed by atoms with Gasteiger partial charge in [-0.05, 0) is 43.4 Å². The van der Waals surface area contributed by atoms with E-state index in [2.05, 4.69) is 61.1 Å². The van der Waals surface area contributed by atoms with E-state index < -0.39 is 5.97 Å². The van der Waals surface area contributed by atoms with Crippen LogP contribution in [0.15, 0.2) is 29.8 Å². The van der Waals surface area contributed by atoms with Gasteiger partial charge in [0, 0.05) is 24.2 Å². The lowest BCUT2D eigenvalue weighted by atomic mass is 9.96. The van der Waals surface area contributed by atoms with Crippen molar-refractivity contribution >= 4 is 28.7 Å². The van der Waals surface area contributed by atoms with E-state index in [0.717, 1.165) is 28.5 Å². The van der Waals surface area contributed by atoms with Crippen LogP contribution in [0.4, 0.5) is 11.4 Å². The number of aliphatic carboxylic acids is 1. The summed E-state index contributed by atoms with van der Waals surface area (Å²) in [4.78, 5) is 17.9. The number of benzene rings is 1. The molecule has 1 unspecified atom stereocenters. The summed E-state index contributed by atoms with van der Waals surface area (Å²) < 4.78 is 0. The summed E-state index contributed by atoms with van der Waals surface area (Å²) in [6, 6.07) is 6.66. The van der Waals surface area contributed by atoms with Gasteiger partial charge in [-0.1, -0.05) is 26.8 Å². The van der Waals surface area contributed by atoms with Crippen LogP contribution in [0, 0.1) is 5.92 Å². The van der Waals surface area contributed by atoms with Gasteiger partial charge in [0.05, 0.1) is 24.3 Å². The smallest absolute Gasteiger partial charge is 0.303 e. The highest BCUT2D eigenvalue weighted by molar-refractivity contribution is 7.09. The predicted molar refractivity (Wildman–Crippen MR) is 114 cm³/mol. The molecule has 0 saturated carbocycles. The Bertz CT molecular complexity index is 729. The zero-order valence-corrected chi connectivity index (χ0v) is 17.7. The highest BCUT2D eigenvalue weighted by atomic mass is 32.1. The van der Waals surface area contributed by atoms with E-state index in [-0.39, 0.29) is 12.3 Å². The number of carbonyl (C=O) groups is 1. The second-order valence-electron chi connectivity index (χ2n) is 7.69. The molecule has 1 aromatic heterocycles. The molecule has 1 atom stereocenters. The first-order chi connectivity index (χ1) is 12.8. The number of carboxylic acid groups (broad SMARTS) is 1. The molecule has 0 fully saturated rings. The van der Waals surface area contributed by atoms with Gasteiger partial charge in [-0.25, -0.2) is 4.98 Å². The van der Waals surface area contributed by atoms with Crippen LogP contribution >= 0.6 is 11.3 Å². The van der Waals surface area contributed by atoms with E-state index in [1.807, 2.05) is 18.5 Å². The second kappa shape index (κ2) is 9.74. The highest BCUT2D eigenvalue weighted by Crippen LogP contribution is 2.33. The summed E-state index contributed by atoms with van der Waals surface area (Å²) in [6.45, 7) is 12.4. The number of thiazole rings is 1. The van der Waals surface area contributed by atoms with Crippen LogP contribution in [0.5, 0.6) is 0 Å². The van der Waals surface area contributed by atoms with Gasteiger partial charge in [-0.2, -0.15) is 0 Å². The molecular weight excluding hydrogens is 358 g/mol. The summed E-state index contributed by atoms with van der Waals surface area (Å²) >= 11 is 1.63. The Morgan fingerprint density at radius 2 is 2.00 bits per heavy atom. The first-order valence-electron chi connectivity index (χ1n) is 9.52. The molecule has 2 rings (SSSR count). The Hall–Kier alpha value is -2.08. The molecule has 6 heteroatoms. The third-order valence-corrected chi connectivity index (χ3v) is 5.26. The Kier molecular flexibility index (Phi) is 7.66. The maximum Gasteiger partial charge on any atom is 0.303 e. The van der Waals surface area contributed by atoms with Crippen LogP contribution in [0.2, 0.25) is 0 Å². The largest absolute Gasteiger partial charge is 0.481 e. The standard InChI is InChI=1S/C21H31N3O2S/c1-14(2)13-24(15(3)4)19-7-6-17(16(5)10-21(25)26)11-18(19)23-12-20-22-8-9-27-20/h6-9,11,14-16,23H,10,12-13H2,1-5H3,(H,25,26). The number of nitrogens with zero attached hydrogens (tertiary/aromatic N) is 2. The number of anilines is 2. The number of hydrogen-bond donors (Lipinski definition) is 2. The van der Waals surface area contributed by atoms with Gasteiger partial charge < -0.3 is 15.3 Å². The first kappa shape index (κ1) is 21.2. The normalized spacial score (nSPS) is 12.4. The molecule has 5 nitrogen and oxygen atoms in total. The van der Waals surface area contributed by atoms with E-state index >= 15 is 0 Å². The summed E-state index contributed by atoms with van der Waals surface area (Å²) in [5.41, 5.74) is 3.23. The van der Waals surface area contributed by atoms with Gasteiger partial charge >= 0.3 is 5.97 Å². The topological polar surface area (TPSA) is 65.5 Å². The van der Waals surface area contributed by atoms with Crippen LogP contribution in [0.25, 0.3) is 0 Å². The fourth-order valence-electron chi connectivity index (χ4n) is 3.12. The molecule has 0 aliphatic rings. The van der Waals surface area contributed by atoms with E-state index in [9.17, 15) is 4.79 Å². The maximum absolute atomic E-state index is 11.1. The molecule has 2 N–H and O–H groups in total. The lowest BCUT2D eigenvalue weighted by molar-refractivity contribution is -0.137. The van der Waals surface area contributed by atoms with Crippen molar-refractivity contribution in [3.8, 4) is 0 Å². The molecule has 27 heavy (non-hydrogen) atoms. The van der Waals surface area contributed by atoms with E-state index in [4.69, 9.17) is 5.11 Å². The molecule has 1 aromatic carbocycles. The second-order valence-corrected chi connectivity index (χ2v) is 8.67. The van der Waals surface area contributed by atoms with E-state index in [1.54, 1.807) is 11.3 Å². The molecule has 0 saturated heterocycles. The molecule has 148 valence electrons. The summed E-state index contributed by atoms with van der Waals surface area (Å²) in [7, 11) is 0. The summed E-state index contributed by atoms with van der Waals surface area (Å²) in [6.07, 6.45) is 1.94. The fourth-order valence-corrected chi connectivity index (χ4v) is 3.68. The summed E-state index contributed by atoms with van der Waals surface area (Å²) in [5.74, 6) is -0.258. The van der Waals surface area contributed by atoms with Crippen molar-refractivity contribution < 1.29 is 9.90 Å². The minimum Gasteiger partial charge on any atom is -0.481 e. The summed E-state index contributed by atoms with van der Waals surface area (Å²) in [5, 5.41) is 15.7. The van der Waals surface area contributed by atoms with Crippen molar-refractivity contribution in [2.24, 2.45) is 5.92 Å². The van der Waals surface area contributed by atoms with Crippen molar-refractivity contribution in [3.05, 3.63) is 40.3 Å². The van der Waals surface area contributed by atoms with Crippen molar-refractivity contribution in [2.45, 2.75) is 59.5 Å². The van der Waals surface area contributed by atoms with Gasteiger partial charge in [-0.3, -0.25) is 4.79 Å². The van der Waals surface area contributed by atoms with Crippen molar-refractivity contribution in [1.82, 2.24) is 4.98 Å². The van der Waals surface area contributed by atoms with Crippen molar-refractivity contribution in [2.75, 3.05) is 16.8 Å². The number of rotatable bonds is 10. The molecule has 2 aromatic rings. The van der Waals surface area contributed by atoms with Gasteiger partial charge in [-0.15, -0.1) is 11.3 Å². The third-order valence-electron chi connectivity index (χ3n) is 4.48. The van der Waals surface area contributed by atoms with E-state index in [0.29, 0.717) is 18.5 Å². The molecule has 1 heterocycles. The van der Waals surface area contributed by atoms with E-state index in [1.165, 1.54) is 0 Å². The predicted octanol–water partition coefficient (Wildman–Crippen LogP) is 5.20. The molecular formula is C21H31N3O2S. The average molecular weight is 390 g/mol. The SMILES string of the molecule is CC(C)CN(c1ccc(C(C)CC(=O)O)cc1NCc1nccs1)C(C)C. The number of aromatic nitrogens is 1. The maximum atomic E-state index is 11.1. The lowest BCUT2D eigenvalue weighted by Crippen LogP contribution is -2.34. The lowest BCUT2D eigenvalue weighted by Gasteiger charge is -2.33. The van der Waals surface area contributed by atoms with Crippen LogP contribution < -0.4 is 10.2 Å². The highest BCUT2D eigenvalue weighted by Gasteiger charge is 2.18. The molecule has 0 radical (unpaired) electrons. The van der Waals surface area contributed by atoms with Gasteiger partial charge in [0.25, 0.3) is 0 Å². The molecule has 0 aliphatic carbocycles. The molecule has 0 amide bonds. The fraction of sp³-hybridized carbons (Fsp3) is 0.524. The van der Waals surface area contributed by atoms with Crippen LogP contribution in [0.3, 0.4) is 0 Å². The third kappa shape index (κ3) is 6.24. The van der Waals surface area contributed by atoms with Crippen molar-refractivity contribution in [3.63, 3.8) is 0 Å². The minimum atomic E-state index is -0.771. The zero-order valence-electron chi connectivity index (χ0n) is 16.9. The molecule has 0 bridgehead atoms. The van der Waals surface area contributed by atoms with Crippen LogP contribution in [0.1, 0.15) is 57.5 Å². The van der Waals surface area contributed by atoms with Gasteiger partial charge in [0.1, 0.15) is 5.01 Å². The quantitative estimate of drug-likeness (QED) is 0.584. The first-order valence-corrected chi connectivity index (χ1v) is 10.4. The average Bonchev–Trinajstić information content (AvgIpc) is 3.10. The Morgan fingerprint density at radius 3 is 2.56 bits per heavy atom. The number of carboxylic acids is 1. The number of nitrogens with one attached hydrogen (secondary N) is 1. The van der Waals surface area contributed by atoms with Crippen molar-refractivity contribution in [1.29, 1.82) is 0 Å². The monoisotopic (exact) mass is 389 g/mol. The Labute approximate surface area is 166 Å². The zero-order chi connectivity index (χ0) is 20.0. The molecule has 0 aliphatic heterocycles. The minimum absolute atomic E-state index is 0.0328. The van der Waals surface area contributed by atoms with Gasteiger partial charge in [0.2, 0.25) is 0 Å². The van der Waals surface area contributed by atoms with Gasteiger partial charge in [0.15, 0.2) is 0 Å². The molecule has 0 spiro atoms. The number of hydrogen-bond acceptors (Lipinski definition) is 5. The van der Waals surface area contributed by atoms with Crippen LogP contribution in [-0.4, -0.2) is 28.6 Å². The van der Waals surface area contributed by atoms with Crippen LogP contribution in [-0.2, 0) is 11.3 Å². The Balaban J connectivity index is 2.35. The Morgan fingerprint density at radius 1 is 1.26 bits per heavy atom.